The number of thioether (sulfide) groups is 1. The molecule has 1 heterocycles. The first-order valence-electron chi connectivity index (χ1n) is 8.77. The van der Waals surface area contributed by atoms with E-state index in [4.69, 9.17) is 10.5 Å². The van der Waals surface area contributed by atoms with Crippen LogP contribution in [0.5, 0.6) is 0 Å². The number of rotatable bonds is 6. The average Bonchev–Trinajstić information content (AvgIpc) is 2.62. The number of aliphatic imine (C=N–C) groups is 1. The van der Waals surface area contributed by atoms with Gasteiger partial charge in [0.1, 0.15) is 5.82 Å². The number of guanidine groups is 1. The van der Waals surface area contributed by atoms with E-state index in [1.54, 1.807) is 35.7 Å². The van der Waals surface area contributed by atoms with Crippen molar-refractivity contribution in [2.45, 2.75) is 38.1 Å². The monoisotopic (exact) mass is 510 g/mol. The summed E-state index contributed by atoms with van der Waals surface area (Å²) in [7, 11) is 0. The van der Waals surface area contributed by atoms with Gasteiger partial charge in [0.05, 0.1) is 13.2 Å². The normalized spacial score (nSPS) is 15.2. The smallest absolute Gasteiger partial charge is 0.409 e. The van der Waals surface area contributed by atoms with Gasteiger partial charge in [-0.1, -0.05) is 6.07 Å². The molecule has 9 heteroatoms. The minimum Gasteiger partial charge on any atom is -0.450 e. The van der Waals surface area contributed by atoms with E-state index in [1.165, 1.54) is 6.07 Å². The topological polar surface area (TPSA) is 80.0 Å². The molecule has 1 aliphatic heterocycles. The number of nitrogens with zero attached hydrogens (tertiary/aromatic N) is 2. The predicted octanol–water partition coefficient (Wildman–Crippen LogP) is 3.33. The molecule has 0 atom stereocenters. The van der Waals surface area contributed by atoms with Crippen LogP contribution in [0.4, 0.5) is 9.18 Å². The minimum absolute atomic E-state index is 0. The largest absolute Gasteiger partial charge is 0.450 e. The average molecular weight is 510 g/mol. The van der Waals surface area contributed by atoms with E-state index >= 15 is 0 Å². The molecule has 0 bridgehead atoms. The Morgan fingerprint density at radius 2 is 2.11 bits per heavy atom. The van der Waals surface area contributed by atoms with Crippen LogP contribution in [0.2, 0.25) is 0 Å². The van der Waals surface area contributed by atoms with Crippen molar-refractivity contribution in [2.75, 3.05) is 26.0 Å². The summed E-state index contributed by atoms with van der Waals surface area (Å²) in [4.78, 5) is 17.8. The zero-order valence-electron chi connectivity index (χ0n) is 15.7. The zero-order valence-corrected chi connectivity index (χ0v) is 18.9. The van der Waals surface area contributed by atoms with Crippen LogP contribution in [-0.4, -0.2) is 48.9 Å². The number of ether oxygens (including phenoxy) is 1. The number of halogens is 2. The third kappa shape index (κ3) is 7.73. The summed E-state index contributed by atoms with van der Waals surface area (Å²) in [5.41, 5.74) is 7.92. The van der Waals surface area contributed by atoms with Gasteiger partial charge in [-0.3, -0.25) is 0 Å². The van der Waals surface area contributed by atoms with Gasteiger partial charge in [0.2, 0.25) is 0 Å². The van der Waals surface area contributed by atoms with Crippen molar-refractivity contribution in [3.05, 3.63) is 35.1 Å². The Labute approximate surface area is 181 Å². The van der Waals surface area contributed by atoms with Gasteiger partial charge in [-0.05, 0) is 49.3 Å². The van der Waals surface area contributed by atoms with Gasteiger partial charge in [-0.15, -0.1) is 24.0 Å². The molecular formula is C18H28FIN4O2S. The second-order valence-electron chi connectivity index (χ2n) is 6.15. The molecule has 1 aliphatic rings. The molecule has 1 fully saturated rings. The second-order valence-corrected chi connectivity index (χ2v) is 7.02. The lowest BCUT2D eigenvalue weighted by atomic mass is 10.1. The maximum absolute atomic E-state index is 13.4. The third-order valence-corrected chi connectivity index (χ3v) is 4.86. The highest BCUT2D eigenvalue weighted by molar-refractivity contribution is 14.0. The van der Waals surface area contributed by atoms with E-state index in [1.807, 2.05) is 6.26 Å². The number of carbonyl (C=O) groups excluding carboxylic acids is 1. The quantitative estimate of drug-likeness (QED) is 0.349. The number of carbonyl (C=O) groups is 1. The summed E-state index contributed by atoms with van der Waals surface area (Å²) in [6.07, 6.45) is 3.31. The number of nitrogens with two attached hydrogens (primary N) is 1. The SMILES string of the molecule is CCOC(=O)N1CCC(NC(N)=NCc2ccc(F)cc2CSC)CC1.I. The Balaban J connectivity index is 0.00000364. The predicted molar refractivity (Wildman–Crippen MR) is 119 cm³/mol. The maximum Gasteiger partial charge on any atom is 0.409 e. The Bertz CT molecular complexity index is 640. The van der Waals surface area contributed by atoms with Gasteiger partial charge in [0.25, 0.3) is 0 Å². The molecule has 0 radical (unpaired) electrons. The van der Waals surface area contributed by atoms with Crippen molar-refractivity contribution >= 4 is 47.8 Å². The fourth-order valence-electron chi connectivity index (χ4n) is 2.88. The van der Waals surface area contributed by atoms with E-state index < -0.39 is 0 Å². The number of likely N-dealkylation sites (tertiary alicyclic amines) is 1. The van der Waals surface area contributed by atoms with Crippen molar-refractivity contribution in [1.29, 1.82) is 0 Å². The highest BCUT2D eigenvalue weighted by atomic mass is 127. The van der Waals surface area contributed by atoms with Crippen LogP contribution >= 0.6 is 35.7 Å². The zero-order chi connectivity index (χ0) is 18.9. The first kappa shape index (κ1) is 23.8. The molecule has 27 heavy (non-hydrogen) atoms. The van der Waals surface area contributed by atoms with E-state index in [9.17, 15) is 9.18 Å². The van der Waals surface area contributed by atoms with Gasteiger partial charge >= 0.3 is 6.09 Å². The lowest BCUT2D eigenvalue weighted by molar-refractivity contribution is 0.0963. The molecular weight excluding hydrogens is 482 g/mol. The molecule has 1 saturated heterocycles. The molecule has 3 N–H and O–H groups in total. The first-order chi connectivity index (χ1) is 12.5. The van der Waals surface area contributed by atoms with Crippen molar-refractivity contribution in [1.82, 2.24) is 10.2 Å². The fourth-order valence-corrected chi connectivity index (χ4v) is 3.46. The molecule has 1 aromatic rings. The summed E-state index contributed by atoms with van der Waals surface area (Å²) in [6.45, 7) is 3.88. The van der Waals surface area contributed by atoms with Crippen molar-refractivity contribution in [2.24, 2.45) is 10.7 Å². The molecule has 1 amide bonds. The molecule has 6 nitrogen and oxygen atoms in total. The van der Waals surface area contributed by atoms with Crippen molar-refractivity contribution in [3.63, 3.8) is 0 Å². The summed E-state index contributed by atoms with van der Waals surface area (Å²) in [6, 6.07) is 4.94. The fraction of sp³-hybridized carbons (Fsp3) is 0.556. The third-order valence-electron chi connectivity index (χ3n) is 4.26. The molecule has 0 aliphatic carbocycles. The molecule has 0 aromatic heterocycles. The Kier molecular flexibility index (Phi) is 10.8. The van der Waals surface area contributed by atoms with Crippen LogP contribution in [0.15, 0.2) is 23.2 Å². The highest BCUT2D eigenvalue weighted by Crippen LogP contribution is 2.17. The van der Waals surface area contributed by atoms with Crippen LogP contribution in [-0.2, 0) is 17.0 Å². The van der Waals surface area contributed by atoms with Gasteiger partial charge < -0.3 is 20.7 Å². The van der Waals surface area contributed by atoms with Gasteiger partial charge in [0, 0.05) is 24.9 Å². The van der Waals surface area contributed by atoms with E-state index in [0.717, 1.165) is 29.7 Å². The van der Waals surface area contributed by atoms with Crippen LogP contribution in [0.25, 0.3) is 0 Å². The Morgan fingerprint density at radius 3 is 2.74 bits per heavy atom. The number of hydrogen-bond donors (Lipinski definition) is 2. The van der Waals surface area contributed by atoms with Gasteiger partial charge in [-0.2, -0.15) is 11.8 Å². The summed E-state index contributed by atoms with van der Waals surface area (Å²) in [5.74, 6) is 0.877. The van der Waals surface area contributed by atoms with Crippen molar-refractivity contribution in [3.8, 4) is 0 Å². The molecule has 0 unspecified atom stereocenters. The number of nitrogens with one attached hydrogen (secondary N) is 1. The van der Waals surface area contributed by atoms with Crippen LogP contribution in [0.3, 0.4) is 0 Å². The number of hydrogen-bond acceptors (Lipinski definition) is 4. The van der Waals surface area contributed by atoms with Crippen molar-refractivity contribution < 1.29 is 13.9 Å². The molecule has 0 spiro atoms. The summed E-state index contributed by atoms with van der Waals surface area (Å²) < 4.78 is 18.4. The number of amides is 1. The van der Waals surface area contributed by atoms with E-state index in [0.29, 0.717) is 32.2 Å². The highest BCUT2D eigenvalue weighted by Gasteiger charge is 2.23. The lowest BCUT2D eigenvalue weighted by Gasteiger charge is -2.31. The van der Waals surface area contributed by atoms with Gasteiger partial charge in [-0.25, -0.2) is 14.2 Å². The Morgan fingerprint density at radius 1 is 1.41 bits per heavy atom. The van der Waals surface area contributed by atoms with Gasteiger partial charge in [0.15, 0.2) is 5.96 Å². The number of benzene rings is 1. The second kappa shape index (κ2) is 12.3. The first-order valence-corrected chi connectivity index (χ1v) is 10.2. The molecule has 2 rings (SSSR count). The standard InChI is InChI=1S/C18H27FN4O2S.HI/c1-3-25-18(24)23-8-6-16(7-9-23)22-17(20)21-11-13-4-5-15(19)10-14(13)12-26-2;/h4-5,10,16H,3,6-9,11-12H2,1-2H3,(H3,20,21,22);1H. The van der Waals surface area contributed by atoms with E-state index in [-0.39, 0.29) is 41.9 Å². The Hall–Kier alpha value is -1.23. The molecule has 152 valence electrons. The number of piperidine rings is 1. The lowest BCUT2D eigenvalue weighted by Crippen LogP contribution is -2.48. The summed E-state index contributed by atoms with van der Waals surface area (Å²) in [5, 5.41) is 3.21. The maximum atomic E-state index is 13.4. The van der Waals surface area contributed by atoms with Crippen LogP contribution < -0.4 is 11.1 Å². The van der Waals surface area contributed by atoms with E-state index in [2.05, 4.69) is 10.3 Å². The molecule has 0 saturated carbocycles. The summed E-state index contributed by atoms with van der Waals surface area (Å²) >= 11 is 1.64. The molecule has 1 aromatic carbocycles. The minimum atomic E-state index is -0.259. The van der Waals surface area contributed by atoms with Crippen LogP contribution in [0.1, 0.15) is 30.9 Å². The van der Waals surface area contributed by atoms with Crippen LogP contribution in [0, 0.1) is 5.82 Å².